The number of nitrogens with zero attached hydrogens (tertiary/aromatic N) is 2. The molecule has 2 saturated carbocycles. The molecule has 124 valence electrons. The molecule has 2 aliphatic carbocycles. The number of H-pyrrole nitrogens is 1. The van der Waals surface area contributed by atoms with Crippen molar-refractivity contribution >= 4 is 17.6 Å². The first-order chi connectivity index (χ1) is 11.6. The molecule has 0 radical (unpaired) electrons. The van der Waals surface area contributed by atoms with Gasteiger partial charge in [0.05, 0.1) is 0 Å². The summed E-state index contributed by atoms with van der Waals surface area (Å²) in [6, 6.07) is 7.17. The minimum Gasteiger partial charge on any atom is -0.480 e. The van der Waals surface area contributed by atoms with E-state index < -0.39 is 17.3 Å². The van der Waals surface area contributed by atoms with Crippen molar-refractivity contribution in [1.29, 1.82) is 0 Å². The fourth-order valence-electron chi connectivity index (χ4n) is 3.00. The van der Waals surface area contributed by atoms with Gasteiger partial charge in [0.15, 0.2) is 5.82 Å². The van der Waals surface area contributed by atoms with Gasteiger partial charge in [-0.2, -0.15) is 5.10 Å². The summed E-state index contributed by atoms with van der Waals surface area (Å²) in [4.78, 5) is 28.3. The molecule has 3 N–H and O–H groups in total. The summed E-state index contributed by atoms with van der Waals surface area (Å²) in [6.45, 7) is 0. The smallest absolute Gasteiger partial charge is 0.319 e. The molecular weight excluding hydrogens is 308 g/mol. The Labute approximate surface area is 138 Å². The molecule has 0 saturated heterocycles. The minimum absolute atomic E-state index is 0.388. The van der Waals surface area contributed by atoms with Crippen LogP contribution in [0, 0.1) is 5.41 Å². The highest BCUT2D eigenvalue weighted by atomic mass is 16.4. The van der Waals surface area contributed by atoms with Crippen molar-refractivity contribution in [2.24, 2.45) is 5.41 Å². The molecule has 0 spiro atoms. The SMILES string of the molecule is O=C(O)C1(C(=O)Nc2cccc(-c3n[nH]c(C4CC4)n3)c2)CCC1. The van der Waals surface area contributed by atoms with E-state index in [-0.39, 0.29) is 0 Å². The van der Waals surface area contributed by atoms with Gasteiger partial charge in [-0.25, -0.2) is 4.98 Å². The summed E-state index contributed by atoms with van der Waals surface area (Å²) in [6.07, 6.45) is 3.82. The normalized spacial score (nSPS) is 18.7. The van der Waals surface area contributed by atoms with Crippen LogP contribution in [0.15, 0.2) is 24.3 Å². The summed E-state index contributed by atoms with van der Waals surface area (Å²) in [7, 11) is 0. The van der Waals surface area contributed by atoms with Crippen molar-refractivity contribution in [3.05, 3.63) is 30.1 Å². The monoisotopic (exact) mass is 326 g/mol. The van der Waals surface area contributed by atoms with Crippen molar-refractivity contribution in [2.45, 2.75) is 38.0 Å². The van der Waals surface area contributed by atoms with Crippen LogP contribution in [0.25, 0.3) is 11.4 Å². The van der Waals surface area contributed by atoms with Gasteiger partial charge >= 0.3 is 5.97 Å². The number of aliphatic carboxylic acids is 1. The molecule has 2 fully saturated rings. The quantitative estimate of drug-likeness (QED) is 0.732. The van der Waals surface area contributed by atoms with E-state index in [4.69, 9.17) is 0 Å². The van der Waals surface area contributed by atoms with Crippen LogP contribution in [0.5, 0.6) is 0 Å². The highest BCUT2D eigenvalue weighted by molar-refractivity contribution is 6.09. The maximum absolute atomic E-state index is 12.4. The average molecular weight is 326 g/mol. The van der Waals surface area contributed by atoms with Crippen LogP contribution in [0.1, 0.15) is 43.8 Å². The lowest BCUT2D eigenvalue weighted by atomic mass is 9.68. The molecule has 7 heteroatoms. The van der Waals surface area contributed by atoms with Crippen LogP contribution < -0.4 is 5.32 Å². The number of hydrogen-bond acceptors (Lipinski definition) is 4. The molecule has 0 bridgehead atoms. The van der Waals surface area contributed by atoms with E-state index in [1.807, 2.05) is 6.07 Å². The van der Waals surface area contributed by atoms with Crippen LogP contribution in [0.2, 0.25) is 0 Å². The first kappa shape index (κ1) is 14.9. The van der Waals surface area contributed by atoms with Crippen molar-refractivity contribution < 1.29 is 14.7 Å². The molecule has 7 nitrogen and oxygen atoms in total. The van der Waals surface area contributed by atoms with Gasteiger partial charge < -0.3 is 10.4 Å². The van der Waals surface area contributed by atoms with Gasteiger partial charge in [-0.15, -0.1) is 0 Å². The predicted octanol–water partition coefficient (Wildman–Crippen LogP) is 2.54. The molecule has 1 aromatic carbocycles. The van der Waals surface area contributed by atoms with Crippen LogP contribution in [0.4, 0.5) is 5.69 Å². The minimum atomic E-state index is -1.28. The second kappa shape index (κ2) is 5.43. The van der Waals surface area contributed by atoms with Gasteiger partial charge in [-0.3, -0.25) is 14.7 Å². The number of aromatic amines is 1. The predicted molar refractivity (Wildman–Crippen MR) is 86.3 cm³/mol. The Balaban J connectivity index is 1.54. The number of hydrogen-bond donors (Lipinski definition) is 3. The number of carboxylic acids is 1. The standard InChI is InChI=1S/C17H18N4O3/c22-15(17(16(23)24)7-2-8-17)18-12-4-1-3-11(9-12)14-19-13(20-21-14)10-5-6-10/h1,3-4,9-10H,2,5-8H2,(H,18,22)(H,23,24)(H,19,20,21). The van der Waals surface area contributed by atoms with Gasteiger partial charge in [0.1, 0.15) is 11.2 Å². The lowest BCUT2D eigenvalue weighted by Crippen LogP contribution is -2.48. The molecule has 2 aromatic rings. The summed E-state index contributed by atoms with van der Waals surface area (Å²) in [5.41, 5.74) is 0.0662. The second-order valence-electron chi connectivity index (χ2n) is 6.59. The molecule has 24 heavy (non-hydrogen) atoms. The zero-order chi connectivity index (χ0) is 16.7. The Bertz CT molecular complexity index is 806. The molecule has 0 unspecified atom stereocenters. The molecule has 1 aromatic heterocycles. The fraction of sp³-hybridized carbons (Fsp3) is 0.412. The Morgan fingerprint density at radius 1 is 1.29 bits per heavy atom. The largest absolute Gasteiger partial charge is 0.480 e. The molecule has 1 heterocycles. The van der Waals surface area contributed by atoms with Crippen molar-refractivity contribution in [3.63, 3.8) is 0 Å². The third-order valence-corrected chi connectivity index (χ3v) is 4.90. The maximum Gasteiger partial charge on any atom is 0.319 e. The molecular formula is C17H18N4O3. The summed E-state index contributed by atoms with van der Waals surface area (Å²) >= 11 is 0. The maximum atomic E-state index is 12.4. The van der Waals surface area contributed by atoms with E-state index in [1.54, 1.807) is 18.2 Å². The van der Waals surface area contributed by atoms with Crippen molar-refractivity contribution in [3.8, 4) is 11.4 Å². The lowest BCUT2D eigenvalue weighted by molar-refractivity contribution is -0.159. The third kappa shape index (κ3) is 2.46. The fourth-order valence-corrected chi connectivity index (χ4v) is 3.00. The number of anilines is 1. The van der Waals surface area contributed by atoms with Crippen molar-refractivity contribution in [1.82, 2.24) is 15.2 Å². The Hall–Kier alpha value is -2.70. The van der Waals surface area contributed by atoms with E-state index in [0.29, 0.717) is 30.3 Å². The molecule has 0 aliphatic heterocycles. The van der Waals surface area contributed by atoms with Gasteiger partial charge in [0.2, 0.25) is 5.91 Å². The van der Waals surface area contributed by atoms with Crippen LogP contribution in [-0.2, 0) is 9.59 Å². The van der Waals surface area contributed by atoms with Gasteiger partial charge in [-0.05, 0) is 37.8 Å². The van der Waals surface area contributed by atoms with Gasteiger partial charge in [0, 0.05) is 17.2 Å². The van der Waals surface area contributed by atoms with Gasteiger partial charge in [0.25, 0.3) is 0 Å². The first-order valence-corrected chi connectivity index (χ1v) is 8.16. The van der Waals surface area contributed by atoms with E-state index in [2.05, 4.69) is 20.5 Å². The number of carbonyl (C=O) groups excluding carboxylic acids is 1. The van der Waals surface area contributed by atoms with E-state index >= 15 is 0 Å². The number of amides is 1. The number of benzene rings is 1. The highest BCUT2D eigenvalue weighted by Gasteiger charge is 2.51. The number of carbonyl (C=O) groups is 2. The molecule has 1 amide bonds. The Morgan fingerprint density at radius 2 is 2.08 bits per heavy atom. The zero-order valence-corrected chi connectivity index (χ0v) is 13.1. The van der Waals surface area contributed by atoms with E-state index in [1.165, 1.54) is 0 Å². The zero-order valence-electron chi connectivity index (χ0n) is 13.1. The number of nitrogens with one attached hydrogen (secondary N) is 2. The highest BCUT2D eigenvalue weighted by Crippen LogP contribution is 2.42. The number of aromatic nitrogens is 3. The molecule has 2 aliphatic rings. The first-order valence-electron chi connectivity index (χ1n) is 8.16. The summed E-state index contributed by atoms with van der Waals surface area (Å²) < 4.78 is 0. The van der Waals surface area contributed by atoms with E-state index in [9.17, 15) is 14.7 Å². The topological polar surface area (TPSA) is 108 Å². The van der Waals surface area contributed by atoms with Crippen molar-refractivity contribution in [2.75, 3.05) is 5.32 Å². The lowest BCUT2D eigenvalue weighted by Gasteiger charge is -2.35. The van der Waals surface area contributed by atoms with E-state index in [0.717, 1.165) is 30.7 Å². The third-order valence-electron chi connectivity index (χ3n) is 4.90. The number of rotatable bonds is 5. The van der Waals surface area contributed by atoms with Crippen LogP contribution >= 0.6 is 0 Å². The Kier molecular flexibility index (Phi) is 3.37. The van der Waals surface area contributed by atoms with Crippen LogP contribution in [-0.4, -0.2) is 32.2 Å². The number of carboxylic acid groups (broad SMARTS) is 1. The summed E-state index contributed by atoms with van der Waals surface area (Å²) in [5, 5.41) is 19.3. The summed E-state index contributed by atoms with van der Waals surface area (Å²) in [5.74, 6) is 0.476. The molecule has 0 atom stereocenters. The van der Waals surface area contributed by atoms with Crippen LogP contribution in [0.3, 0.4) is 0 Å². The van der Waals surface area contributed by atoms with Gasteiger partial charge in [-0.1, -0.05) is 18.6 Å². The average Bonchev–Trinajstić information content (AvgIpc) is 3.23. The molecule has 4 rings (SSSR count). The second-order valence-corrected chi connectivity index (χ2v) is 6.59. The Morgan fingerprint density at radius 3 is 2.71 bits per heavy atom.